The minimum Gasteiger partial charge on any atom is -0.507 e. The fourth-order valence-corrected chi connectivity index (χ4v) is 4.99. The predicted molar refractivity (Wildman–Crippen MR) is 144 cm³/mol. The number of amides is 1. The zero-order chi connectivity index (χ0) is 26.8. The smallest absolute Gasteiger partial charge is 0.295 e. The van der Waals surface area contributed by atoms with E-state index in [0.29, 0.717) is 35.8 Å². The maximum atomic E-state index is 13.4. The van der Waals surface area contributed by atoms with E-state index in [2.05, 4.69) is 18.8 Å². The van der Waals surface area contributed by atoms with Crippen LogP contribution in [0.3, 0.4) is 0 Å². The van der Waals surface area contributed by atoms with E-state index >= 15 is 0 Å². The van der Waals surface area contributed by atoms with Crippen molar-refractivity contribution in [2.45, 2.75) is 52.3 Å². The summed E-state index contributed by atoms with van der Waals surface area (Å²) in [6.45, 7) is 7.02. The van der Waals surface area contributed by atoms with Crippen LogP contribution in [0.1, 0.15) is 55.5 Å². The number of rotatable bonds is 8. The summed E-state index contributed by atoms with van der Waals surface area (Å²) in [5, 5.41) is 11.5. The Bertz CT molecular complexity index is 1380. The molecule has 3 aromatic rings. The number of ketones is 1. The van der Waals surface area contributed by atoms with Crippen LogP contribution in [0.2, 0.25) is 0 Å². The number of hydrogen-bond acceptors (Lipinski definition) is 6. The number of likely N-dealkylation sites (tertiary alicyclic amines) is 1. The van der Waals surface area contributed by atoms with Gasteiger partial charge < -0.3 is 19.5 Å². The molecular weight excluding hydrogens is 480 g/mol. The quantitative estimate of drug-likeness (QED) is 0.245. The Labute approximate surface area is 222 Å². The Hall–Kier alpha value is -4.13. The summed E-state index contributed by atoms with van der Waals surface area (Å²) in [4.78, 5) is 32.4. The Morgan fingerprint density at radius 3 is 2.68 bits per heavy atom. The van der Waals surface area contributed by atoms with Crippen LogP contribution in [0.5, 0.6) is 11.5 Å². The SMILES string of the molecule is CC(C)CCOc1cccc([C@@H]2C(=C(O)c3ccc4c(c3)C[C@H](C)O4)C(=O)C(=O)N2Cc2ccncc2)c1. The first kappa shape index (κ1) is 25.5. The number of Topliss-reactive ketones (excluding diaryl/α,β-unsaturated/α-hetero) is 1. The van der Waals surface area contributed by atoms with Crippen molar-refractivity contribution in [2.75, 3.05) is 6.61 Å². The van der Waals surface area contributed by atoms with Crippen molar-refractivity contribution in [3.63, 3.8) is 0 Å². The molecule has 0 bridgehead atoms. The molecule has 3 heterocycles. The third-order valence-corrected chi connectivity index (χ3v) is 6.95. The number of nitrogens with zero attached hydrogens (tertiary/aromatic N) is 2. The molecule has 0 spiro atoms. The molecule has 0 unspecified atom stereocenters. The van der Waals surface area contributed by atoms with Crippen LogP contribution < -0.4 is 9.47 Å². The lowest BCUT2D eigenvalue weighted by Gasteiger charge is -2.26. The second-order valence-electron chi connectivity index (χ2n) is 10.3. The maximum Gasteiger partial charge on any atom is 0.295 e. The van der Waals surface area contributed by atoms with E-state index in [-0.39, 0.29) is 24.0 Å². The monoisotopic (exact) mass is 512 g/mol. The average Bonchev–Trinajstić information content (AvgIpc) is 3.40. The van der Waals surface area contributed by atoms with Gasteiger partial charge in [-0.1, -0.05) is 26.0 Å². The van der Waals surface area contributed by atoms with Gasteiger partial charge in [0.2, 0.25) is 0 Å². The molecule has 5 rings (SSSR count). The van der Waals surface area contributed by atoms with Gasteiger partial charge in [0.1, 0.15) is 23.4 Å². The van der Waals surface area contributed by atoms with E-state index in [1.165, 1.54) is 4.90 Å². The lowest BCUT2D eigenvalue weighted by Crippen LogP contribution is -2.29. The van der Waals surface area contributed by atoms with E-state index in [1.54, 1.807) is 24.5 Å². The van der Waals surface area contributed by atoms with Crippen molar-refractivity contribution >= 4 is 17.4 Å². The normalized spacial score (nSPS) is 20.1. The Balaban J connectivity index is 1.57. The molecule has 38 heavy (non-hydrogen) atoms. The molecule has 7 heteroatoms. The highest BCUT2D eigenvalue weighted by molar-refractivity contribution is 6.46. The van der Waals surface area contributed by atoms with Crippen LogP contribution in [-0.4, -0.2) is 39.4 Å². The van der Waals surface area contributed by atoms with E-state index in [4.69, 9.17) is 9.47 Å². The molecule has 1 aromatic heterocycles. The summed E-state index contributed by atoms with van der Waals surface area (Å²) in [5.74, 6) is 0.372. The molecule has 2 aliphatic rings. The Morgan fingerprint density at radius 1 is 1.13 bits per heavy atom. The molecule has 0 radical (unpaired) electrons. The highest BCUT2D eigenvalue weighted by atomic mass is 16.5. The third-order valence-electron chi connectivity index (χ3n) is 6.95. The van der Waals surface area contributed by atoms with E-state index in [0.717, 1.165) is 23.3 Å². The van der Waals surface area contributed by atoms with Crippen LogP contribution >= 0.6 is 0 Å². The first-order valence-corrected chi connectivity index (χ1v) is 13.0. The lowest BCUT2D eigenvalue weighted by molar-refractivity contribution is -0.140. The van der Waals surface area contributed by atoms with Crippen molar-refractivity contribution < 1.29 is 24.2 Å². The summed E-state index contributed by atoms with van der Waals surface area (Å²) in [5.41, 5.74) is 3.04. The van der Waals surface area contributed by atoms with Crippen molar-refractivity contribution in [1.29, 1.82) is 0 Å². The fraction of sp³-hybridized carbons (Fsp3) is 0.323. The average molecular weight is 513 g/mol. The van der Waals surface area contributed by atoms with Crippen LogP contribution in [-0.2, 0) is 22.6 Å². The molecule has 196 valence electrons. The minimum atomic E-state index is -0.778. The number of carbonyl (C=O) groups excluding carboxylic acids is 2. The maximum absolute atomic E-state index is 13.4. The number of aliphatic hydroxyl groups is 1. The molecule has 2 aliphatic heterocycles. The van der Waals surface area contributed by atoms with Crippen LogP contribution in [0.15, 0.2) is 72.6 Å². The van der Waals surface area contributed by atoms with Gasteiger partial charge in [-0.05, 0) is 78.4 Å². The molecule has 7 nitrogen and oxygen atoms in total. The number of hydrogen-bond donors (Lipinski definition) is 1. The van der Waals surface area contributed by atoms with Gasteiger partial charge in [0, 0.05) is 30.9 Å². The lowest BCUT2D eigenvalue weighted by atomic mass is 9.94. The van der Waals surface area contributed by atoms with Gasteiger partial charge in [-0.2, -0.15) is 0 Å². The number of ether oxygens (including phenoxy) is 2. The minimum absolute atomic E-state index is 0.0479. The molecule has 0 saturated carbocycles. The van der Waals surface area contributed by atoms with Gasteiger partial charge in [-0.15, -0.1) is 0 Å². The van der Waals surface area contributed by atoms with Crippen LogP contribution in [0.4, 0.5) is 0 Å². The van der Waals surface area contributed by atoms with Crippen molar-refractivity contribution in [3.8, 4) is 11.5 Å². The second kappa shape index (κ2) is 10.7. The number of carbonyl (C=O) groups is 2. The number of benzene rings is 2. The van der Waals surface area contributed by atoms with Gasteiger partial charge in [0.25, 0.3) is 11.7 Å². The summed E-state index contributed by atoms with van der Waals surface area (Å²) in [6.07, 6.45) is 4.97. The highest BCUT2D eigenvalue weighted by Crippen LogP contribution is 2.42. The molecule has 1 fully saturated rings. The topological polar surface area (TPSA) is 89.0 Å². The number of fused-ring (bicyclic) bond motifs is 1. The third kappa shape index (κ3) is 5.14. The van der Waals surface area contributed by atoms with Crippen molar-refractivity contribution in [1.82, 2.24) is 9.88 Å². The first-order chi connectivity index (χ1) is 18.3. The summed E-state index contributed by atoms with van der Waals surface area (Å²) < 4.78 is 11.8. The van der Waals surface area contributed by atoms with Gasteiger partial charge >= 0.3 is 0 Å². The van der Waals surface area contributed by atoms with Crippen molar-refractivity contribution in [2.24, 2.45) is 5.92 Å². The predicted octanol–water partition coefficient (Wildman–Crippen LogP) is 5.45. The van der Waals surface area contributed by atoms with Crippen molar-refractivity contribution in [3.05, 3.63) is 94.8 Å². The van der Waals surface area contributed by atoms with Gasteiger partial charge in [0.05, 0.1) is 18.2 Å². The Morgan fingerprint density at radius 2 is 1.92 bits per heavy atom. The fourth-order valence-electron chi connectivity index (χ4n) is 4.99. The second-order valence-corrected chi connectivity index (χ2v) is 10.3. The molecule has 2 aromatic carbocycles. The molecule has 1 N–H and O–H groups in total. The standard InChI is InChI=1S/C31H32N2O5/c1-19(2)11-14-37-25-6-4-5-22(17-25)28-27(29(34)23-7-8-26-24(16-23)15-20(3)38-26)30(35)31(36)33(28)18-21-9-12-32-13-10-21/h4-10,12-13,16-17,19-20,28,34H,11,14-15,18H2,1-3H3/t20-,28+/m0/s1. The molecule has 0 aliphatic carbocycles. The number of pyridine rings is 1. The summed E-state index contributed by atoms with van der Waals surface area (Å²) >= 11 is 0. The van der Waals surface area contributed by atoms with Gasteiger partial charge in [0.15, 0.2) is 0 Å². The molecular formula is C31H32N2O5. The molecule has 2 atom stereocenters. The van der Waals surface area contributed by atoms with Gasteiger partial charge in [-0.25, -0.2) is 0 Å². The first-order valence-electron chi connectivity index (χ1n) is 13.0. The van der Waals surface area contributed by atoms with Crippen LogP contribution in [0.25, 0.3) is 5.76 Å². The number of aromatic nitrogens is 1. The van der Waals surface area contributed by atoms with E-state index in [1.807, 2.05) is 49.4 Å². The number of aliphatic hydroxyl groups excluding tert-OH is 1. The molecule has 1 amide bonds. The van der Waals surface area contributed by atoms with Crippen LogP contribution in [0, 0.1) is 5.92 Å². The van der Waals surface area contributed by atoms with E-state index < -0.39 is 17.7 Å². The van der Waals surface area contributed by atoms with Gasteiger partial charge in [-0.3, -0.25) is 14.6 Å². The highest BCUT2D eigenvalue weighted by Gasteiger charge is 2.46. The zero-order valence-corrected chi connectivity index (χ0v) is 21.9. The largest absolute Gasteiger partial charge is 0.507 e. The Kier molecular flexibility index (Phi) is 7.18. The molecule has 1 saturated heterocycles. The summed E-state index contributed by atoms with van der Waals surface area (Å²) in [6, 6.07) is 15.6. The summed E-state index contributed by atoms with van der Waals surface area (Å²) in [7, 11) is 0. The zero-order valence-electron chi connectivity index (χ0n) is 21.9. The van der Waals surface area contributed by atoms with E-state index in [9.17, 15) is 14.7 Å².